The second-order valence-electron chi connectivity index (χ2n) is 5.75. The first kappa shape index (κ1) is 17.0. The van der Waals surface area contributed by atoms with Crippen LogP contribution in [0.5, 0.6) is 0 Å². The SMILES string of the molecule is [N-]=[N+]=NCCCc1ccc2n1[B-](F)(F)[N+]1=C(CCOC=O)C=CC1=C2. The molecule has 0 spiro atoms. The molecule has 7 nitrogen and oxygen atoms in total. The van der Waals surface area contributed by atoms with Gasteiger partial charge in [0.15, 0.2) is 5.70 Å². The minimum Gasteiger partial charge on any atom is -0.467 e. The first-order valence-electron chi connectivity index (χ1n) is 7.93. The molecule has 0 N–H and O–H groups in total. The second kappa shape index (κ2) is 6.94. The zero-order valence-corrected chi connectivity index (χ0v) is 13.4. The lowest BCUT2D eigenvalue weighted by molar-refractivity contribution is -0.362. The highest BCUT2D eigenvalue weighted by Crippen LogP contribution is 2.33. The van der Waals surface area contributed by atoms with E-state index in [-0.39, 0.29) is 19.6 Å². The molecule has 0 radical (unpaired) electrons. The van der Waals surface area contributed by atoms with Gasteiger partial charge in [-0.15, -0.1) is 0 Å². The Balaban J connectivity index is 1.92. The van der Waals surface area contributed by atoms with Crippen LogP contribution in [0.1, 0.15) is 24.2 Å². The highest BCUT2D eigenvalue weighted by Gasteiger charge is 2.52. The third kappa shape index (κ3) is 3.08. The Labute approximate surface area is 142 Å². The van der Waals surface area contributed by atoms with Gasteiger partial charge in [-0.05, 0) is 36.2 Å². The fraction of sp³-hybridized carbons (Fsp3) is 0.333. The van der Waals surface area contributed by atoms with Gasteiger partial charge in [-0.1, -0.05) is 5.11 Å². The quantitative estimate of drug-likeness (QED) is 0.181. The van der Waals surface area contributed by atoms with Gasteiger partial charge < -0.3 is 22.3 Å². The molecule has 3 heterocycles. The number of rotatable bonds is 8. The van der Waals surface area contributed by atoms with Gasteiger partial charge in [-0.3, -0.25) is 4.79 Å². The molecule has 0 amide bonds. The summed E-state index contributed by atoms with van der Waals surface area (Å²) in [4.78, 5) is 12.9. The summed E-state index contributed by atoms with van der Waals surface area (Å²) >= 11 is 0. The maximum absolute atomic E-state index is 15.2. The summed E-state index contributed by atoms with van der Waals surface area (Å²) in [5, 5.41) is 3.44. The first-order valence-corrected chi connectivity index (χ1v) is 7.93. The fourth-order valence-electron chi connectivity index (χ4n) is 3.27. The van der Waals surface area contributed by atoms with Gasteiger partial charge in [0.1, 0.15) is 12.3 Å². The number of carbonyl (C=O) groups excluding carboxylic acids is 1. The smallest absolute Gasteiger partial charge is 0.467 e. The van der Waals surface area contributed by atoms with E-state index >= 15 is 8.63 Å². The number of nitrogens with zero attached hydrogens (tertiary/aromatic N) is 5. The van der Waals surface area contributed by atoms with Crippen molar-refractivity contribution < 1.29 is 22.6 Å². The van der Waals surface area contributed by atoms with E-state index in [1.54, 1.807) is 30.4 Å². The lowest BCUT2D eigenvalue weighted by Gasteiger charge is -2.30. The van der Waals surface area contributed by atoms with Crippen LogP contribution in [0, 0.1) is 0 Å². The molecule has 0 saturated heterocycles. The first-order chi connectivity index (χ1) is 12.1. The van der Waals surface area contributed by atoms with Gasteiger partial charge in [0, 0.05) is 35.4 Å². The molecule has 0 unspecified atom stereocenters. The van der Waals surface area contributed by atoms with Gasteiger partial charge in [0.05, 0.1) is 6.42 Å². The Morgan fingerprint density at radius 2 is 2.20 bits per heavy atom. The number of allylic oxidation sites excluding steroid dienone is 2. The highest BCUT2D eigenvalue weighted by molar-refractivity contribution is 6.58. The summed E-state index contributed by atoms with van der Waals surface area (Å²) in [5.41, 5.74) is 10.1. The van der Waals surface area contributed by atoms with Crippen molar-refractivity contribution in [2.75, 3.05) is 13.2 Å². The molecular formula is C15H16BF2N5O2. The van der Waals surface area contributed by atoms with Crippen LogP contribution in [0.15, 0.2) is 35.1 Å². The number of hydrogen-bond donors (Lipinski definition) is 0. The molecule has 0 fully saturated rings. The van der Waals surface area contributed by atoms with Crippen molar-refractivity contribution in [1.29, 1.82) is 0 Å². The third-order valence-electron chi connectivity index (χ3n) is 4.28. The van der Waals surface area contributed by atoms with Crippen molar-refractivity contribution in [3.05, 3.63) is 51.8 Å². The van der Waals surface area contributed by atoms with Gasteiger partial charge in [0.25, 0.3) is 6.47 Å². The van der Waals surface area contributed by atoms with E-state index in [0.717, 1.165) is 8.96 Å². The van der Waals surface area contributed by atoms with E-state index in [0.29, 0.717) is 42.1 Å². The van der Waals surface area contributed by atoms with Crippen molar-refractivity contribution >= 4 is 25.2 Å². The zero-order chi connectivity index (χ0) is 17.9. The van der Waals surface area contributed by atoms with Crippen LogP contribution in [-0.2, 0) is 16.0 Å². The van der Waals surface area contributed by atoms with Crippen molar-refractivity contribution in [1.82, 2.24) is 4.48 Å². The van der Waals surface area contributed by atoms with Crippen LogP contribution in [0.3, 0.4) is 0 Å². The van der Waals surface area contributed by atoms with Gasteiger partial charge in [-0.2, -0.15) is 0 Å². The van der Waals surface area contributed by atoms with Crippen LogP contribution < -0.4 is 0 Å². The van der Waals surface area contributed by atoms with Gasteiger partial charge >= 0.3 is 6.97 Å². The van der Waals surface area contributed by atoms with Crippen LogP contribution in [0.2, 0.25) is 0 Å². The lowest BCUT2D eigenvalue weighted by Crippen LogP contribution is -2.50. The fourth-order valence-corrected chi connectivity index (χ4v) is 3.27. The molecule has 1 aromatic heterocycles. The highest BCUT2D eigenvalue weighted by atomic mass is 19.2. The van der Waals surface area contributed by atoms with Gasteiger partial charge in [-0.25, -0.2) is 0 Å². The van der Waals surface area contributed by atoms with E-state index in [4.69, 9.17) is 5.53 Å². The molecule has 25 heavy (non-hydrogen) atoms. The number of carbonyl (C=O) groups is 1. The Hall–Kier alpha value is -2.87. The molecule has 0 saturated carbocycles. The van der Waals surface area contributed by atoms with E-state index in [1.807, 2.05) is 0 Å². The van der Waals surface area contributed by atoms with Crippen molar-refractivity contribution in [2.24, 2.45) is 5.11 Å². The van der Waals surface area contributed by atoms with Crippen LogP contribution in [-0.4, -0.2) is 41.3 Å². The lowest BCUT2D eigenvalue weighted by atomic mass is 9.90. The van der Waals surface area contributed by atoms with E-state index in [1.165, 1.54) is 0 Å². The predicted molar refractivity (Wildman–Crippen MR) is 89.2 cm³/mol. The average molecular weight is 347 g/mol. The largest absolute Gasteiger partial charge is 0.737 e. The summed E-state index contributed by atoms with van der Waals surface area (Å²) in [7, 11) is 0. The van der Waals surface area contributed by atoms with Gasteiger partial charge in [0.2, 0.25) is 0 Å². The monoisotopic (exact) mass is 347 g/mol. The number of fused-ring (bicyclic) bond motifs is 2. The van der Waals surface area contributed by atoms with Crippen molar-refractivity contribution in [2.45, 2.75) is 19.3 Å². The molecule has 0 aromatic carbocycles. The zero-order valence-electron chi connectivity index (χ0n) is 13.4. The summed E-state index contributed by atoms with van der Waals surface area (Å²) in [6.45, 7) is -3.42. The van der Waals surface area contributed by atoms with E-state index in [9.17, 15) is 4.79 Å². The topological polar surface area (TPSA) is 83.0 Å². The molecule has 0 atom stereocenters. The van der Waals surface area contributed by atoms with E-state index in [2.05, 4.69) is 14.8 Å². The molecule has 2 aliphatic rings. The van der Waals surface area contributed by atoms with Crippen LogP contribution >= 0.6 is 0 Å². The number of aryl methyl sites for hydroxylation is 1. The molecule has 130 valence electrons. The maximum Gasteiger partial charge on any atom is 0.737 e. The Bertz CT molecular complexity index is 837. The Morgan fingerprint density at radius 1 is 1.36 bits per heavy atom. The summed E-state index contributed by atoms with van der Waals surface area (Å²) in [6, 6.07) is 3.35. The van der Waals surface area contributed by atoms with E-state index < -0.39 is 6.97 Å². The predicted octanol–water partition coefficient (Wildman–Crippen LogP) is 2.89. The molecule has 0 bridgehead atoms. The van der Waals surface area contributed by atoms with Crippen molar-refractivity contribution in [3.8, 4) is 0 Å². The number of halogens is 2. The summed E-state index contributed by atoms with van der Waals surface area (Å²) < 4.78 is 37.2. The Kier molecular flexibility index (Phi) is 4.71. The summed E-state index contributed by atoms with van der Waals surface area (Å²) in [5.74, 6) is 0. The summed E-state index contributed by atoms with van der Waals surface area (Å²) in [6.07, 6.45) is 6.09. The average Bonchev–Trinajstić information content (AvgIpc) is 3.17. The minimum atomic E-state index is -4.04. The molecule has 3 rings (SSSR count). The number of azide groups is 1. The van der Waals surface area contributed by atoms with Crippen LogP contribution in [0.25, 0.3) is 16.5 Å². The standard InChI is InChI=1S/C15H16BF2N5O2/c17-16(18)22-12(2-1-8-20-21-19)3-5-14(22)10-15-6-4-13(23(15)16)7-9-25-11-24/h3-6,10-11H,1-2,7-9H2. The Morgan fingerprint density at radius 3 is 2.96 bits per heavy atom. The molecular weight excluding hydrogens is 331 g/mol. The second-order valence-corrected chi connectivity index (χ2v) is 5.75. The molecule has 0 aliphatic carbocycles. The third-order valence-corrected chi connectivity index (χ3v) is 4.28. The molecule has 1 aromatic rings. The number of hydrogen-bond acceptors (Lipinski definition) is 3. The minimum absolute atomic E-state index is 0.0523. The normalized spacial score (nSPS) is 16.8. The van der Waals surface area contributed by atoms with Crippen molar-refractivity contribution in [3.63, 3.8) is 0 Å². The number of ether oxygens (including phenoxy) is 1. The van der Waals surface area contributed by atoms with Crippen LogP contribution in [0.4, 0.5) is 8.63 Å². The number of aromatic nitrogens is 1. The molecule has 2 aliphatic heterocycles. The molecule has 10 heteroatoms. The maximum atomic E-state index is 15.2.